The van der Waals surface area contributed by atoms with Crippen LogP contribution >= 0.6 is 0 Å². The lowest BCUT2D eigenvalue weighted by molar-refractivity contribution is 0.692. The van der Waals surface area contributed by atoms with Crippen molar-refractivity contribution in [3.8, 4) is 0 Å². The lowest BCUT2D eigenvalue weighted by Gasteiger charge is -1.94. The van der Waals surface area contributed by atoms with Crippen molar-refractivity contribution in [2.24, 2.45) is 0 Å². The summed E-state index contributed by atoms with van der Waals surface area (Å²) >= 11 is 0. The van der Waals surface area contributed by atoms with Crippen molar-refractivity contribution in [1.82, 2.24) is 20.5 Å². The van der Waals surface area contributed by atoms with Crippen LogP contribution in [0.4, 0.5) is 0 Å². The van der Waals surface area contributed by atoms with Gasteiger partial charge in [-0.2, -0.15) is 5.10 Å². The highest BCUT2D eigenvalue weighted by atomic mass is 15.2. The third kappa shape index (κ3) is 2.62. The van der Waals surface area contributed by atoms with Gasteiger partial charge in [0.1, 0.15) is 5.82 Å². The van der Waals surface area contributed by atoms with Gasteiger partial charge in [-0.05, 0) is 13.0 Å². The molecule has 4 nitrogen and oxygen atoms in total. The molecule has 0 spiro atoms. The minimum Gasteiger partial charge on any atom is -0.310 e. The molecule has 1 rings (SSSR count). The Morgan fingerprint density at radius 1 is 1.42 bits per heavy atom. The van der Waals surface area contributed by atoms with Crippen molar-refractivity contribution in [2.75, 3.05) is 6.54 Å². The van der Waals surface area contributed by atoms with Crippen molar-refractivity contribution in [2.45, 2.75) is 33.2 Å². The minimum absolute atomic E-state index is 0.785. The Kier molecular flexibility index (Phi) is 3.73. The summed E-state index contributed by atoms with van der Waals surface area (Å²) < 4.78 is 0. The maximum atomic E-state index is 4.31. The average molecular weight is 168 g/mol. The van der Waals surface area contributed by atoms with Crippen LogP contribution in [-0.4, -0.2) is 21.7 Å². The van der Waals surface area contributed by atoms with E-state index in [9.17, 15) is 0 Å². The second kappa shape index (κ2) is 4.87. The number of H-pyrrole nitrogens is 1. The molecule has 68 valence electrons. The number of aromatic amines is 1. The SMILES string of the molecule is CCCc1n[nH]c(CNCC)n1. The van der Waals surface area contributed by atoms with Gasteiger partial charge >= 0.3 is 0 Å². The summed E-state index contributed by atoms with van der Waals surface area (Å²) in [5.74, 6) is 1.85. The first-order valence-electron chi connectivity index (χ1n) is 4.47. The van der Waals surface area contributed by atoms with E-state index in [1.54, 1.807) is 0 Å². The fraction of sp³-hybridized carbons (Fsp3) is 0.750. The summed E-state index contributed by atoms with van der Waals surface area (Å²) in [5.41, 5.74) is 0. The van der Waals surface area contributed by atoms with E-state index in [1.807, 2.05) is 0 Å². The molecule has 0 saturated heterocycles. The Bertz CT molecular complexity index is 219. The lowest BCUT2D eigenvalue weighted by Crippen LogP contribution is -2.12. The van der Waals surface area contributed by atoms with Gasteiger partial charge in [0.2, 0.25) is 0 Å². The first-order valence-corrected chi connectivity index (χ1v) is 4.47. The summed E-state index contributed by atoms with van der Waals surface area (Å²) in [6.45, 7) is 5.95. The summed E-state index contributed by atoms with van der Waals surface area (Å²) in [6.07, 6.45) is 2.06. The number of rotatable bonds is 5. The van der Waals surface area contributed by atoms with Crippen LogP contribution in [0, 0.1) is 0 Å². The Hall–Kier alpha value is -0.900. The Balaban J connectivity index is 2.41. The summed E-state index contributed by atoms with van der Waals surface area (Å²) in [5, 5.41) is 10.2. The molecule has 0 aliphatic rings. The van der Waals surface area contributed by atoms with Crippen LogP contribution in [0.15, 0.2) is 0 Å². The van der Waals surface area contributed by atoms with E-state index in [0.29, 0.717) is 0 Å². The Labute approximate surface area is 72.8 Å². The van der Waals surface area contributed by atoms with Crippen molar-refractivity contribution in [3.63, 3.8) is 0 Å². The number of hydrogen-bond donors (Lipinski definition) is 2. The van der Waals surface area contributed by atoms with Gasteiger partial charge < -0.3 is 5.32 Å². The van der Waals surface area contributed by atoms with E-state index >= 15 is 0 Å². The topological polar surface area (TPSA) is 53.6 Å². The molecular weight excluding hydrogens is 152 g/mol. The number of nitrogens with zero attached hydrogens (tertiary/aromatic N) is 2. The predicted molar refractivity (Wildman–Crippen MR) is 47.8 cm³/mol. The van der Waals surface area contributed by atoms with Crippen LogP contribution in [0.2, 0.25) is 0 Å². The van der Waals surface area contributed by atoms with Gasteiger partial charge in [0.25, 0.3) is 0 Å². The average Bonchev–Trinajstić information content (AvgIpc) is 2.50. The molecule has 2 N–H and O–H groups in total. The summed E-state index contributed by atoms with van der Waals surface area (Å²) in [4.78, 5) is 4.31. The van der Waals surface area contributed by atoms with Gasteiger partial charge in [-0.15, -0.1) is 0 Å². The molecule has 0 bridgehead atoms. The number of aromatic nitrogens is 3. The van der Waals surface area contributed by atoms with Gasteiger partial charge in [0, 0.05) is 6.42 Å². The van der Waals surface area contributed by atoms with Gasteiger partial charge in [0.05, 0.1) is 6.54 Å². The smallest absolute Gasteiger partial charge is 0.150 e. The second-order valence-corrected chi connectivity index (χ2v) is 2.73. The highest BCUT2D eigenvalue weighted by Crippen LogP contribution is 1.95. The monoisotopic (exact) mass is 168 g/mol. The zero-order chi connectivity index (χ0) is 8.81. The van der Waals surface area contributed by atoms with E-state index in [2.05, 4.69) is 34.3 Å². The van der Waals surface area contributed by atoms with Crippen molar-refractivity contribution in [1.29, 1.82) is 0 Å². The first kappa shape index (κ1) is 9.19. The summed E-state index contributed by atoms with van der Waals surface area (Å²) in [6, 6.07) is 0. The molecule has 12 heavy (non-hydrogen) atoms. The molecule has 0 aliphatic carbocycles. The molecule has 0 amide bonds. The molecule has 0 aromatic carbocycles. The molecule has 0 aliphatic heterocycles. The highest BCUT2D eigenvalue weighted by Gasteiger charge is 1.99. The van der Waals surface area contributed by atoms with E-state index < -0.39 is 0 Å². The van der Waals surface area contributed by atoms with Gasteiger partial charge in [-0.25, -0.2) is 4.98 Å². The van der Waals surface area contributed by atoms with Gasteiger partial charge in [-0.1, -0.05) is 13.8 Å². The van der Waals surface area contributed by atoms with Crippen LogP contribution in [0.1, 0.15) is 31.9 Å². The molecule has 0 radical (unpaired) electrons. The van der Waals surface area contributed by atoms with Crippen molar-refractivity contribution >= 4 is 0 Å². The quantitative estimate of drug-likeness (QED) is 0.685. The molecule has 1 aromatic heterocycles. The van der Waals surface area contributed by atoms with Gasteiger partial charge in [0.15, 0.2) is 5.82 Å². The first-order chi connectivity index (χ1) is 5.86. The number of nitrogens with one attached hydrogen (secondary N) is 2. The third-order valence-electron chi connectivity index (χ3n) is 1.59. The van der Waals surface area contributed by atoms with E-state index in [0.717, 1.165) is 37.6 Å². The lowest BCUT2D eigenvalue weighted by atomic mass is 10.3. The fourth-order valence-electron chi connectivity index (χ4n) is 0.993. The van der Waals surface area contributed by atoms with E-state index in [-0.39, 0.29) is 0 Å². The van der Waals surface area contributed by atoms with Crippen LogP contribution in [0.3, 0.4) is 0 Å². The standard InChI is InChI=1S/C8H16N4/c1-3-5-7-10-8(12-11-7)6-9-4-2/h9H,3-6H2,1-2H3,(H,10,11,12). The molecule has 4 heteroatoms. The van der Waals surface area contributed by atoms with E-state index in [1.165, 1.54) is 0 Å². The number of hydrogen-bond acceptors (Lipinski definition) is 3. The summed E-state index contributed by atoms with van der Waals surface area (Å²) in [7, 11) is 0. The molecule has 0 unspecified atom stereocenters. The fourth-order valence-corrected chi connectivity index (χ4v) is 0.993. The molecular formula is C8H16N4. The Morgan fingerprint density at radius 2 is 2.25 bits per heavy atom. The van der Waals surface area contributed by atoms with Crippen molar-refractivity contribution in [3.05, 3.63) is 11.6 Å². The van der Waals surface area contributed by atoms with Crippen LogP contribution in [0.5, 0.6) is 0 Å². The normalized spacial score (nSPS) is 10.5. The van der Waals surface area contributed by atoms with Crippen LogP contribution in [0.25, 0.3) is 0 Å². The zero-order valence-electron chi connectivity index (χ0n) is 7.72. The van der Waals surface area contributed by atoms with E-state index in [4.69, 9.17) is 0 Å². The molecule has 0 saturated carbocycles. The largest absolute Gasteiger partial charge is 0.310 e. The molecule has 0 atom stereocenters. The maximum absolute atomic E-state index is 4.31. The third-order valence-corrected chi connectivity index (χ3v) is 1.59. The molecule has 1 heterocycles. The number of aryl methyl sites for hydroxylation is 1. The second-order valence-electron chi connectivity index (χ2n) is 2.73. The minimum atomic E-state index is 0.785. The zero-order valence-corrected chi connectivity index (χ0v) is 7.72. The van der Waals surface area contributed by atoms with Crippen molar-refractivity contribution < 1.29 is 0 Å². The maximum Gasteiger partial charge on any atom is 0.150 e. The molecule has 1 aromatic rings. The Morgan fingerprint density at radius 3 is 2.92 bits per heavy atom. The van der Waals surface area contributed by atoms with Crippen LogP contribution < -0.4 is 5.32 Å². The van der Waals surface area contributed by atoms with Gasteiger partial charge in [-0.3, -0.25) is 5.10 Å². The molecule has 0 fully saturated rings. The predicted octanol–water partition coefficient (Wildman–Crippen LogP) is 0.867. The highest BCUT2D eigenvalue weighted by molar-refractivity contribution is 4.89. The van der Waals surface area contributed by atoms with Crippen LogP contribution in [-0.2, 0) is 13.0 Å².